The Labute approximate surface area is 152 Å². The first kappa shape index (κ1) is 20.1. The van der Waals surface area contributed by atoms with Crippen LogP contribution in [0, 0.1) is 17.6 Å². The minimum atomic E-state index is -0.668. The molecule has 2 N–H and O–H groups in total. The smallest absolute Gasteiger partial charge is 0.243 e. The average molecular weight is 368 g/mol. The van der Waals surface area contributed by atoms with Crippen LogP contribution in [0.15, 0.2) is 18.2 Å². The fraction of sp³-hybridized carbons (Fsp3) is 0.579. The molecule has 1 aromatic carbocycles. The summed E-state index contributed by atoms with van der Waals surface area (Å²) in [6, 6.07) is 2.58. The second kappa shape index (κ2) is 8.96. The number of carbonyl (C=O) groups is 2. The van der Waals surface area contributed by atoms with Crippen molar-refractivity contribution in [3.8, 4) is 5.75 Å². The second-order valence-corrected chi connectivity index (χ2v) is 7.13. The molecule has 1 fully saturated rings. The van der Waals surface area contributed by atoms with Crippen molar-refractivity contribution in [3.05, 3.63) is 29.8 Å². The molecule has 1 aromatic rings. The lowest BCUT2D eigenvalue weighted by Gasteiger charge is -2.31. The van der Waals surface area contributed by atoms with Crippen LogP contribution in [0.3, 0.4) is 0 Å². The zero-order valence-corrected chi connectivity index (χ0v) is 15.4. The Hall–Kier alpha value is -2.18. The minimum absolute atomic E-state index is 0.00148. The van der Waals surface area contributed by atoms with Crippen LogP contribution in [0.1, 0.15) is 46.5 Å². The predicted octanol–water partition coefficient (Wildman–Crippen LogP) is 2.93. The second-order valence-electron chi connectivity index (χ2n) is 7.13. The Kier molecular flexibility index (Phi) is 6.94. The third-order valence-corrected chi connectivity index (χ3v) is 4.47. The van der Waals surface area contributed by atoms with E-state index in [9.17, 15) is 18.4 Å². The SMILES string of the molecule is CC(=O)NC(C(=O)NC1CCC(Oc2cc(F)cc(F)c2)CC1)C(C)C. The van der Waals surface area contributed by atoms with Gasteiger partial charge in [0, 0.05) is 31.2 Å². The monoisotopic (exact) mass is 368 g/mol. The highest BCUT2D eigenvalue weighted by molar-refractivity contribution is 5.87. The molecule has 0 saturated heterocycles. The number of amides is 2. The van der Waals surface area contributed by atoms with Crippen LogP contribution >= 0.6 is 0 Å². The van der Waals surface area contributed by atoms with Crippen LogP contribution in [0.5, 0.6) is 5.75 Å². The summed E-state index contributed by atoms with van der Waals surface area (Å²) in [6.45, 7) is 5.15. The summed E-state index contributed by atoms with van der Waals surface area (Å²) in [4.78, 5) is 23.7. The topological polar surface area (TPSA) is 67.4 Å². The quantitative estimate of drug-likeness (QED) is 0.811. The molecule has 144 valence electrons. The van der Waals surface area contributed by atoms with E-state index in [4.69, 9.17) is 4.74 Å². The van der Waals surface area contributed by atoms with Crippen LogP contribution < -0.4 is 15.4 Å². The number of hydrogen-bond donors (Lipinski definition) is 2. The van der Waals surface area contributed by atoms with Crippen molar-refractivity contribution in [3.63, 3.8) is 0 Å². The molecule has 1 aliphatic carbocycles. The van der Waals surface area contributed by atoms with Gasteiger partial charge in [0.2, 0.25) is 11.8 Å². The van der Waals surface area contributed by atoms with Crippen LogP contribution in [0.4, 0.5) is 8.78 Å². The molecule has 1 atom stereocenters. The molecule has 5 nitrogen and oxygen atoms in total. The van der Waals surface area contributed by atoms with E-state index >= 15 is 0 Å². The van der Waals surface area contributed by atoms with Gasteiger partial charge in [0.15, 0.2) is 0 Å². The highest BCUT2D eigenvalue weighted by Gasteiger charge is 2.28. The molecule has 0 heterocycles. The molecule has 0 aliphatic heterocycles. The number of carbonyl (C=O) groups excluding carboxylic acids is 2. The Morgan fingerprint density at radius 2 is 1.65 bits per heavy atom. The summed E-state index contributed by atoms with van der Waals surface area (Å²) in [7, 11) is 0. The van der Waals surface area contributed by atoms with E-state index in [0.29, 0.717) is 25.7 Å². The van der Waals surface area contributed by atoms with Gasteiger partial charge < -0.3 is 15.4 Å². The maximum atomic E-state index is 13.2. The summed E-state index contributed by atoms with van der Waals surface area (Å²) in [6.07, 6.45) is 2.63. The van der Waals surface area contributed by atoms with Gasteiger partial charge in [-0.15, -0.1) is 0 Å². The van der Waals surface area contributed by atoms with Gasteiger partial charge in [-0.05, 0) is 31.6 Å². The number of ether oxygens (including phenoxy) is 1. The number of nitrogens with one attached hydrogen (secondary N) is 2. The highest BCUT2D eigenvalue weighted by atomic mass is 19.1. The third-order valence-electron chi connectivity index (χ3n) is 4.47. The van der Waals surface area contributed by atoms with Crippen LogP contribution in [-0.2, 0) is 9.59 Å². The normalized spacial score (nSPS) is 21.2. The molecule has 0 radical (unpaired) electrons. The van der Waals surface area contributed by atoms with Crippen molar-refractivity contribution in [2.75, 3.05) is 0 Å². The van der Waals surface area contributed by atoms with E-state index in [1.807, 2.05) is 13.8 Å². The molecule has 1 unspecified atom stereocenters. The Bertz CT molecular complexity index is 623. The van der Waals surface area contributed by atoms with E-state index in [-0.39, 0.29) is 35.6 Å². The number of rotatable bonds is 6. The summed E-state index contributed by atoms with van der Waals surface area (Å²) in [5, 5.41) is 5.65. The van der Waals surface area contributed by atoms with Gasteiger partial charge in [-0.2, -0.15) is 0 Å². The molecular weight excluding hydrogens is 342 g/mol. The molecule has 26 heavy (non-hydrogen) atoms. The number of benzene rings is 1. The molecule has 2 rings (SSSR count). The average Bonchev–Trinajstić information content (AvgIpc) is 2.53. The summed E-state index contributed by atoms with van der Waals surface area (Å²) in [5.74, 6) is -1.59. The van der Waals surface area contributed by atoms with E-state index in [1.165, 1.54) is 6.92 Å². The largest absolute Gasteiger partial charge is 0.490 e. The lowest BCUT2D eigenvalue weighted by Crippen LogP contribution is -2.52. The van der Waals surface area contributed by atoms with Gasteiger partial charge in [-0.1, -0.05) is 13.8 Å². The summed E-state index contributed by atoms with van der Waals surface area (Å²) in [5.41, 5.74) is 0. The zero-order valence-electron chi connectivity index (χ0n) is 15.4. The van der Waals surface area contributed by atoms with E-state index in [2.05, 4.69) is 10.6 Å². The maximum Gasteiger partial charge on any atom is 0.243 e. The van der Waals surface area contributed by atoms with Gasteiger partial charge in [0.25, 0.3) is 0 Å². The van der Waals surface area contributed by atoms with Crippen molar-refractivity contribution in [1.82, 2.24) is 10.6 Å². The fourth-order valence-electron chi connectivity index (χ4n) is 3.16. The van der Waals surface area contributed by atoms with Gasteiger partial charge in [-0.25, -0.2) is 8.78 Å². The molecule has 1 saturated carbocycles. The lowest BCUT2D eigenvalue weighted by molar-refractivity contribution is -0.129. The maximum absolute atomic E-state index is 13.2. The van der Waals surface area contributed by atoms with Gasteiger partial charge in [0.1, 0.15) is 23.4 Å². The summed E-state index contributed by atoms with van der Waals surface area (Å²) < 4.78 is 32.1. The Balaban J connectivity index is 1.84. The minimum Gasteiger partial charge on any atom is -0.490 e. The van der Waals surface area contributed by atoms with Crippen LogP contribution in [0.25, 0.3) is 0 Å². The molecule has 0 spiro atoms. The van der Waals surface area contributed by atoms with Crippen molar-refractivity contribution in [2.45, 2.75) is 64.6 Å². The van der Waals surface area contributed by atoms with Crippen molar-refractivity contribution in [2.24, 2.45) is 5.92 Å². The van der Waals surface area contributed by atoms with Crippen molar-refractivity contribution < 1.29 is 23.1 Å². The standard InChI is InChI=1S/C19H26F2N2O3/c1-11(2)18(22-12(3)24)19(25)23-15-4-6-16(7-5-15)26-17-9-13(20)8-14(21)10-17/h8-11,15-16,18H,4-7H2,1-3H3,(H,22,24)(H,23,25). The zero-order chi connectivity index (χ0) is 19.3. The summed E-state index contributed by atoms with van der Waals surface area (Å²) >= 11 is 0. The molecule has 2 amide bonds. The van der Waals surface area contributed by atoms with E-state index in [0.717, 1.165) is 18.2 Å². The molecule has 0 bridgehead atoms. The van der Waals surface area contributed by atoms with Gasteiger partial charge in [0.05, 0.1) is 6.10 Å². The Morgan fingerprint density at radius 1 is 1.08 bits per heavy atom. The van der Waals surface area contributed by atoms with Crippen LogP contribution in [0.2, 0.25) is 0 Å². The lowest BCUT2D eigenvalue weighted by atomic mass is 9.92. The first-order valence-corrected chi connectivity index (χ1v) is 8.95. The fourth-order valence-corrected chi connectivity index (χ4v) is 3.16. The van der Waals surface area contributed by atoms with Crippen molar-refractivity contribution >= 4 is 11.8 Å². The molecule has 7 heteroatoms. The molecule has 0 aromatic heterocycles. The number of halogens is 2. The first-order chi connectivity index (χ1) is 12.2. The number of hydrogen-bond acceptors (Lipinski definition) is 3. The van der Waals surface area contributed by atoms with Gasteiger partial charge in [-0.3, -0.25) is 9.59 Å². The van der Waals surface area contributed by atoms with Crippen molar-refractivity contribution in [1.29, 1.82) is 0 Å². The predicted molar refractivity (Wildman–Crippen MR) is 93.6 cm³/mol. The van der Waals surface area contributed by atoms with Gasteiger partial charge >= 0.3 is 0 Å². The highest BCUT2D eigenvalue weighted by Crippen LogP contribution is 2.25. The third kappa shape index (κ3) is 5.97. The first-order valence-electron chi connectivity index (χ1n) is 8.95. The van der Waals surface area contributed by atoms with Crippen LogP contribution in [-0.4, -0.2) is 30.0 Å². The molecular formula is C19H26F2N2O3. The van der Waals surface area contributed by atoms with E-state index < -0.39 is 17.7 Å². The van der Waals surface area contributed by atoms with E-state index in [1.54, 1.807) is 0 Å². The Morgan fingerprint density at radius 3 is 2.15 bits per heavy atom. The molecule has 1 aliphatic rings.